The molecule has 0 saturated carbocycles. The Morgan fingerprint density at radius 2 is 2.19 bits per heavy atom. The maximum absolute atomic E-state index is 11.6. The summed E-state index contributed by atoms with van der Waals surface area (Å²) in [6.07, 6.45) is 0. The third kappa shape index (κ3) is 1.86. The predicted molar refractivity (Wildman–Crippen MR) is 63.3 cm³/mol. The summed E-state index contributed by atoms with van der Waals surface area (Å²) in [7, 11) is 1.49. The fraction of sp³-hybridized carbons (Fsp3) is 0.167. The second-order valence-corrected chi connectivity index (χ2v) is 3.56. The van der Waals surface area contributed by atoms with Crippen LogP contribution in [0.25, 0.3) is 10.9 Å². The molecule has 0 radical (unpaired) electrons. The number of hydrogen-bond donors (Lipinski definition) is 0. The monoisotopic (exact) mass is 235 g/mol. The van der Waals surface area contributed by atoms with Crippen LogP contribution in [0.1, 0.15) is 10.4 Å². The van der Waals surface area contributed by atoms with Crippen molar-refractivity contribution >= 4 is 28.3 Å². The van der Waals surface area contributed by atoms with Gasteiger partial charge in [0, 0.05) is 5.39 Å². The lowest BCUT2D eigenvalue weighted by Crippen LogP contribution is -2.05. The van der Waals surface area contributed by atoms with Gasteiger partial charge in [-0.25, -0.2) is 4.98 Å². The summed E-state index contributed by atoms with van der Waals surface area (Å²) < 4.78 is 5.09. The van der Waals surface area contributed by atoms with Crippen LogP contribution in [0.5, 0.6) is 5.88 Å². The second kappa shape index (κ2) is 4.49. The number of carbonyl (C=O) groups is 1. The normalized spacial score (nSPS) is 10.4. The number of methoxy groups -OCH3 is 1. The van der Waals surface area contributed by atoms with Gasteiger partial charge in [0.1, 0.15) is 0 Å². The number of benzene rings is 1. The van der Waals surface area contributed by atoms with E-state index in [1.54, 1.807) is 6.07 Å². The fourth-order valence-electron chi connectivity index (χ4n) is 1.53. The number of Topliss-reactive ketones (excluding diaryl/α,β-unsaturated/α-hetero) is 1. The maximum atomic E-state index is 11.6. The van der Waals surface area contributed by atoms with Crippen LogP contribution >= 0.6 is 11.6 Å². The molecule has 4 heteroatoms. The summed E-state index contributed by atoms with van der Waals surface area (Å²) in [6, 6.07) is 9.30. The number of hydrogen-bond acceptors (Lipinski definition) is 3. The van der Waals surface area contributed by atoms with Crippen LogP contribution in [0, 0.1) is 0 Å². The molecule has 16 heavy (non-hydrogen) atoms. The maximum Gasteiger partial charge on any atom is 0.224 e. The van der Waals surface area contributed by atoms with Crippen molar-refractivity contribution in [1.82, 2.24) is 4.98 Å². The number of ketones is 1. The lowest BCUT2D eigenvalue weighted by molar-refractivity contribution is 0.101. The molecule has 0 aliphatic carbocycles. The third-order valence-corrected chi connectivity index (χ3v) is 2.55. The van der Waals surface area contributed by atoms with Crippen LogP contribution < -0.4 is 4.74 Å². The van der Waals surface area contributed by atoms with Gasteiger partial charge in [-0.05, 0) is 12.1 Å². The highest BCUT2D eigenvalue weighted by atomic mass is 35.5. The molecule has 0 atom stereocenters. The van der Waals surface area contributed by atoms with Crippen LogP contribution in [0.3, 0.4) is 0 Å². The van der Waals surface area contributed by atoms with Crippen molar-refractivity contribution in [2.45, 2.75) is 0 Å². The molecule has 0 N–H and O–H groups in total. The number of pyridine rings is 1. The van der Waals surface area contributed by atoms with Crippen LogP contribution in [0.2, 0.25) is 0 Å². The minimum Gasteiger partial charge on any atom is -0.480 e. The van der Waals surface area contributed by atoms with Gasteiger partial charge < -0.3 is 4.74 Å². The number of carbonyl (C=O) groups excluding carboxylic acids is 1. The average Bonchev–Trinajstić information content (AvgIpc) is 2.36. The summed E-state index contributed by atoms with van der Waals surface area (Å²) in [5.74, 6) is 0.0669. The number of nitrogens with zero attached hydrogens (tertiary/aromatic N) is 1. The van der Waals surface area contributed by atoms with E-state index in [0.29, 0.717) is 11.4 Å². The van der Waals surface area contributed by atoms with Crippen molar-refractivity contribution in [3.8, 4) is 5.88 Å². The zero-order valence-corrected chi connectivity index (χ0v) is 9.49. The Bertz CT molecular complexity index is 540. The summed E-state index contributed by atoms with van der Waals surface area (Å²) in [5, 5.41) is 0.900. The van der Waals surface area contributed by atoms with Crippen LogP contribution in [-0.4, -0.2) is 23.8 Å². The Hall–Kier alpha value is -1.61. The minimum absolute atomic E-state index is 0.0730. The molecule has 2 rings (SSSR count). The highest BCUT2D eigenvalue weighted by molar-refractivity contribution is 6.31. The summed E-state index contributed by atoms with van der Waals surface area (Å²) >= 11 is 5.53. The zero-order valence-electron chi connectivity index (χ0n) is 8.74. The summed E-state index contributed by atoms with van der Waals surface area (Å²) in [4.78, 5) is 15.8. The molecule has 82 valence electrons. The number of para-hydroxylation sites is 1. The van der Waals surface area contributed by atoms with E-state index in [-0.39, 0.29) is 11.7 Å². The lowest BCUT2D eigenvalue weighted by Gasteiger charge is -2.06. The molecule has 0 saturated heterocycles. The first-order valence-corrected chi connectivity index (χ1v) is 5.32. The van der Waals surface area contributed by atoms with Crippen molar-refractivity contribution in [2.75, 3.05) is 13.0 Å². The Kier molecular flexibility index (Phi) is 3.06. The van der Waals surface area contributed by atoms with Crippen molar-refractivity contribution in [3.05, 3.63) is 35.9 Å². The van der Waals surface area contributed by atoms with E-state index in [4.69, 9.17) is 16.3 Å². The first-order valence-electron chi connectivity index (χ1n) is 4.79. The van der Waals surface area contributed by atoms with Crippen LogP contribution in [0.4, 0.5) is 0 Å². The Morgan fingerprint density at radius 1 is 1.44 bits per heavy atom. The molecule has 0 unspecified atom stereocenters. The third-order valence-electron chi connectivity index (χ3n) is 2.30. The molecule has 1 heterocycles. The predicted octanol–water partition coefficient (Wildman–Crippen LogP) is 2.66. The molecule has 0 spiro atoms. The van der Waals surface area contributed by atoms with Gasteiger partial charge in [-0.3, -0.25) is 4.79 Å². The van der Waals surface area contributed by atoms with E-state index in [2.05, 4.69) is 4.98 Å². The highest BCUT2D eigenvalue weighted by Gasteiger charge is 2.13. The molecule has 1 aromatic carbocycles. The number of aromatic nitrogens is 1. The molecule has 0 aliphatic heterocycles. The van der Waals surface area contributed by atoms with Gasteiger partial charge in [0.05, 0.1) is 24.1 Å². The zero-order chi connectivity index (χ0) is 11.5. The molecule has 1 aromatic heterocycles. The molecule has 2 aromatic rings. The fourth-order valence-corrected chi connectivity index (χ4v) is 1.67. The Morgan fingerprint density at radius 3 is 2.88 bits per heavy atom. The lowest BCUT2D eigenvalue weighted by atomic mass is 10.1. The topological polar surface area (TPSA) is 39.2 Å². The van der Waals surface area contributed by atoms with Crippen molar-refractivity contribution in [1.29, 1.82) is 0 Å². The second-order valence-electron chi connectivity index (χ2n) is 3.29. The number of halogens is 1. The quantitative estimate of drug-likeness (QED) is 0.607. The van der Waals surface area contributed by atoms with Gasteiger partial charge in [0.15, 0.2) is 5.78 Å². The number of rotatable bonds is 3. The molecular weight excluding hydrogens is 226 g/mol. The van der Waals surface area contributed by atoms with E-state index in [1.807, 2.05) is 24.3 Å². The average molecular weight is 236 g/mol. The van der Waals surface area contributed by atoms with E-state index < -0.39 is 0 Å². The van der Waals surface area contributed by atoms with E-state index >= 15 is 0 Å². The number of alkyl halides is 1. The molecule has 0 bridgehead atoms. The first kappa shape index (κ1) is 10.9. The smallest absolute Gasteiger partial charge is 0.224 e. The minimum atomic E-state index is -0.184. The molecule has 0 fully saturated rings. The largest absolute Gasteiger partial charge is 0.480 e. The highest BCUT2D eigenvalue weighted by Crippen LogP contribution is 2.22. The Labute approximate surface area is 98.0 Å². The van der Waals surface area contributed by atoms with Gasteiger partial charge in [-0.1, -0.05) is 18.2 Å². The van der Waals surface area contributed by atoms with Crippen molar-refractivity contribution in [3.63, 3.8) is 0 Å². The van der Waals surface area contributed by atoms with Gasteiger partial charge in [0.25, 0.3) is 0 Å². The summed E-state index contributed by atoms with van der Waals surface area (Å²) in [6.45, 7) is 0. The van der Waals surface area contributed by atoms with Gasteiger partial charge >= 0.3 is 0 Å². The molecular formula is C12H10ClNO2. The van der Waals surface area contributed by atoms with Crippen molar-refractivity contribution < 1.29 is 9.53 Å². The molecule has 0 amide bonds. The van der Waals surface area contributed by atoms with Gasteiger partial charge in [0.2, 0.25) is 5.88 Å². The number of ether oxygens (including phenoxy) is 1. The Balaban J connectivity index is 2.67. The first-order chi connectivity index (χ1) is 7.76. The van der Waals surface area contributed by atoms with Gasteiger partial charge in [-0.15, -0.1) is 11.6 Å². The van der Waals surface area contributed by atoms with Gasteiger partial charge in [-0.2, -0.15) is 0 Å². The van der Waals surface area contributed by atoms with E-state index in [0.717, 1.165) is 10.9 Å². The standard InChI is InChI=1S/C12H10ClNO2/c1-16-12-9(11(15)7-13)6-8-4-2-3-5-10(8)14-12/h2-6H,7H2,1H3. The van der Waals surface area contributed by atoms with E-state index in [1.165, 1.54) is 7.11 Å². The van der Waals surface area contributed by atoms with Crippen LogP contribution in [0.15, 0.2) is 30.3 Å². The van der Waals surface area contributed by atoms with Crippen LogP contribution in [-0.2, 0) is 0 Å². The molecule has 0 aliphatic rings. The number of fused-ring (bicyclic) bond motifs is 1. The molecule has 3 nitrogen and oxygen atoms in total. The van der Waals surface area contributed by atoms with E-state index in [9.17, 15) is 4.79 Å². The van der Waals surface area contributed by atoms with Crippen molar-refractivity contribution in [2.24, 2.45) is 0 Å². The summed E-state index contributed by atoms with van der Waals surface area (Å²) in [5.41, 5.74) is 1.22. The SMILES string of the molecule is COc1nc2ccccc2cc1C(=O)CCl.